The van der Waals surface area contributed by atoms with E-state index in [1.807, 2.05) is 12.1 Å². The molecule has 3 aliphatic carbocycles. The topological polar surface area (TPSA) is 105 Å². The molecule has 0 bridgehead atoms. The van der Waals surface area contributed by atoms with Crippen molar-refractivity contribution in [2.75, 3.05) is 11.5 Å². The zero-order valence-corrected chi connectivity index (χ0v) is 31.4. The number of rotatable bonds is 17. The van der Waals surface area contributed by atoms with E-state index in [4.69, 9.17) is 14.2 Å². The SMILES string of the molecule is CC1(C)OC(=O)C(CC(=O)Oc2ccc3c(c2)CC(CCCCCCCCC[S+]([O-])CCCC(F)(F)C(F)(F)F)C2C3CCC3(C)C(O)CCC23)O1. The van der Waals surface area contributed by atoms with Gasteiger partial charge in [0.2, 0.25) is 5.79 Å². The van der Waals surface area contributed by atoms with E-state index in [-0.39, 0.29) is 23.7 Å². The summed E-state index contributed by atoms with van der Waals surface area (Å²) in [7, 11) is 0. The molecule has 8 atom stereocenters. The number of hydrogen-bond acceptors (Lipinski definition) is 7. The smallest absolute Gasteiger partial charge is 0.453 e. The molecule has 52 heavy (non-hydrogen) atoms. The Morgan fingerprint density at radius 3 is 2.33 bits per heavy atom. The fourth-order valence-electron chi connectivity index (χ4n) is 9.51. The van der Waals surface area contributed by atoms with E-state index < -0.39 is 59.9 Å². The lowest BCUT2D eigenvalue weighted by atomic mass is 9.52. The Hall–Kier alpha value is -1.96. The van der Waals surface area contributed by atoms with Crippen LogP contribution in [0.15, 0.2) is 18.2 Å². The van der Waals surface area contributed by atoms with Crippen molar-refractivity contribution in [2.24, 2.45) is 23.2 Å². The highest BCUT2D eigenvalue weighted by atomic mass is 32.2. The summed E-state index contributed by atoms with van der Waals surface area (Å²) in [6.45, 7) is 5.51. The molecule has 0 spiro atoms. The molecule has 1 aromatic rings. The summed E-state index contributed by atoms with van der Waals surface area (Å²) in [6.07, 6.45) is 3.70. The zero-order valence-electron chi connectivity index (χ0n) is 30.6. The van der Waals surface area contributed by atoms with E-state index in [1.165, 1.54) is 11.1 Å². The molecule has 0 radical (unpaired) electrons. The normalized spacial score (nSPS) is 30.3. The Morgan fingerprint density at radius 1 is 0.981 bits per heavy atom. The molecule has 1 N–H and O–H groups in total. The number of carbonyl (C=O) groups excluding carboxylic acids is 2. The number of unbranched alkanes of at least 4 members (excludes halogenated alkanes) is 6. The Balaban J connectivity index is 1.09. The molecular formula is C39H55F5O7S. The van der Waals surface area contributed by atoms with Gasteiger partial charge in [-0.05, 0) is 110 Å². The van der Waals surface area contributed by atoms with Crippen LogP contribution >= 0.6 is 0 Å². The van der Waals surface area contributed by atoms with Crippen LogP contribution in [-0.2, 0) is 36.7 Å². The quantitative estimate of drug-likeness (QED) is 0.0556. The van der Waals surface area contributed by atoms with Crippen molar-refractivity contribution in [1.29, 1.82) is 0 Å². The number of benzene rings is 1. The van der Waals surface area contributed by atoms with Crippen LogP contribution in [0.1, 0.15) is 134 Å². The third kappa shape index (κ3) is 9.82. The summed E-state index contributed by atoms with van der Waals surface area (Å²) < 4.78 is 91.5. The van der Waals surface area contributed by atoms with Crippen LogP contribution < -0.4 is 4.74 Å². The molecule has 1 aromatic carbocycles. The number of fused-ring (bicyclic) bond motifs is 5. The van der Waals surface area contributed by atoms with Crippen LogP contribution in [0.3, 0.4) is 0 Å². The first-order chi connectivity index (χ1) is 24.4. The maximum absolute atomic E-state index is 13.0. The summed E-state index contributed by atoms with van der Waals surface area (Å²) in [4.78, 5) is 24.9. The van der Waals surface area contributed by atoms with Crippen LogP contribution in [-0.4, -0.2) is 63.2 Å². The lowest BCUT2D eigenvalue weighted by Crippen LogP contribution is -2.47. The highest BCUT2D eigenvalue weighted by Crippen LogP contribution is 2.62. The molecule has 4 aliphatic rings. The Labute approximate surface area is 307 Å². The van der Waals surface area contributed by atoms with Crippen molar-refractivity contribution in [3.05, 3.63) is 29.3 Å². The van der Waals surface area contributed by atoms with Crippen LogP contribution in [0.25, 0.3) is 0 Å². The van der Waals surface area contributed by atoms with E-state index in [9.17, 15) is 41.2 Å². The highest BCUT2D eigenvalue weighted by molar-refractivity contribution is 7.91. The van der Waals surface area contributed by atoms with Gasteiger partial charge in [0.15, 0.2) is 6.10 Å². The van der Waals surface area contributed by atoms with Gasteiger partial charge in [0.05, 0.1) is 12.5 Å². The predicted molar refractivity (Wildman–Crippen MR) is 186 cm³/mol. The average molecular weight is 763 g/mol. The molecule has 0 aromatic heterocycles. The van der Waals surface area contributed by atoms with Crippen LogP contribution in [0.4, 0.5) is 22.0 Å². The predicted octanol–water partition coefficient (Wildman–Crippen LogP) is 8.95. The standard InChI is InChI=1S/C39H55F5O7S/c1-36(2)50-31(35(47)51-36)24-33(46)49-27-13-14-28-26(23-27)22-25(34-29(28)17-19-37(3)30(34)15-16-32(37)45)12-9-7-5-4-6-8-10-20-52(48)21-11-18-38(40,41)39(42,43)44/h13-14,23,25,29-32,34,45H,4-12,15-22,24H2,1-3H3. The van der Waals surface area contributed by atoms with Gasteiger partial charge < -0.3 is 23.9 Å². The molecule has 8 unspecified atom stereocenters. The average Bonchev–Trinajstić information content (AvgIpc) is 3.50. The lowest BCUT2D eigenvalue weighted by molar-refractivity contribution is -0.284. The summed E-state index contributed by atoms with van der Waals surface area (Å²) in [5, 5.41) is 11.0. The van der Waals surface area contributed by atoms with Gasteiger partial charge >= 0.3 is 24.0 Å². The fraction of sp³-hybridized carbons (Fsp3) is 0.795. The second-order valence-corrected chi connectivity index (χ2v) is 18.0. The Kier molecular flexibility index (Phi) is 13.3. The highest BCUT2D eigenvalue weighted by Gasteiger charge is 2.57. The number of halogens is 5. The van der Waals surface area contributed by atoms with E-state index in [0.717, 1.165) is 77.0 Å². The minimum absolute atomic E-state index is 0.0672. The second-order valence-electron chi connectivity index (χ2n) is 16.3. The van der Waals surface area contributed by atoms with Crippen molar-refractivity contribution in [1.82, 2.24) is 0 Å². The minimum Gasteiger partial charge on any atom is -0.616 e. The lowest BCUT2D eigenvalue weighted by Gasteiger charge is -2.53. The van der Waals surface area contributed by atoms with Gasteiger partial charge in [-0.3, -0.25) is 4.79 Å². The van der Waals surface area contributed by atoms with Crippen molar-refractivity contribution in [3.8, 4) is 5.75 Å². The van der Waals surface area contributed by atoms with Crippen molar-refractivity contribution >= 4 is 23.1 Å². The molecule has 7 nitrogen and oxygen atoms in total. The molecule has 1 saturated heterocycles. The van der Waals surface area contributed by atoms with Gasteiger partial charge in [0.25, 0.3) is 0 Å². The maximum Gasteiger partial charge on any atom is 0.453 e. The van der Waals surface area contributed by atoms with Crippen molar-refractivity contribution < 1.29 is 55.4 Å². The number of cyclic esters (lactones) is 1. The second kappa shape index (κ2) is 16.8. The number of ether oxygens (including phenoxy) is 3. The van der Waals surface area contributed by atoms with Crippen LogP contribution in [0, 0.1) is 23.2 Å². The van der Waals surface area contributed by atoms with Crippen molar-refractivity contribution in [3.63, 3.8) is 0 Å². The zero-order chi connectivity index (χ0) is 37.9. The van der Waals surface area contributed by atoms with E-state index in [0.29, 0.717) is 41.6 Å². The summed E-state index contributed by atoms with van der Waals surface area (Å²) in [5.41, 5.74) is 2.44. The van der Waals surface area contributed by atoms with E-state index in [1.54, 1.807) is 13.8 Å². The number of alkyl halides is 5. The summed E-state index contributed by atoms with van der Waals surface area (Å²) in [6, 6.07) is 5.93. The number of hydrogen-bond donors (Lipinski definition) is 1. The first-order valence-electron chi connectivity index (χ1n) is 19.1. The molecule has 0 amide bonds. The minimum atomic E-state index is -5.57. The summed E-state index contributed by atoms with van der Waals surface area (Å²) >= 11 is -1.39. The fourth-order valence-corrected chi connectivity index (χ4v) is 10.7. The summed E-state index contributed by atoms with van der Waals surface area (Å²) in [5.74, 6) is -4.55. The van der Waals surface area contributed by atoms with Gasteiger partial charge in [-0.15, -0.1) is 0 Å². The molecule has 13 heteroatoms. The van der Waals surface area contributed by atoms with Gasteiger partial charge in [-0.2, -0.15) is 22.0 Å². The van der Waals surface area contributed by atoms with Gasteiger partial charge in [0.1, 0.15) is 17.3 Å². The van der Waals surface area contributed by atoms with Crippen LogP contribution in [0.2, 0.25) is 0 Å². The number of esters is 2. The monoisotopic (exact) mass is 762 g/mol. The molecule has 3 fully saturated rings. The largest absolute Gasteiger partial charge is 0.616 e. The van der Waals surface area contributed by atoms with Gasteiger partial charge in [-0.25, -0.2) is 4.79 Å². The first-order valence-corrected chi connectivity index (χ1v) is 20.6. The number of aliphatic hydroxyl groups is 1. The first kappa shape index (κ1) is 41.2. The molecular weight excluding hydrogens is 707 g/mol. The Morgan fingerprint density at radius 2 is 1.65 bits per heavy atom. The maximum atomic E-state index is 13.0. The molecule has 2 saturated carbocycles. The van der Waals surface area contributed by atoms with Gasteiger partial charge in [0, 0.05) is 20.3 Å². The van der Waals surface area contributed by atoms with Crippen molar-refractivity contribution in [2.45, 2.75) is 160 Å². The Bertz CT molecular complexity index is 1390. The molecule has 294 valence electrons. The van der Waals surface area contributed by atoms with Crippen LogP contribution in [0.5, 0.6) is 5.75 Å². The molecule has 5 rings (SSSR count). The number of carbonyl (C=O) groups is 2. The third-order valence-electron chi connectivity index (χ3n) is 12.2. The van der Waals surface area contributed by atoms with Gasteiger partial charge in [-0.1, -0.05) is 56.3 Å². The van der Waals surface area contributed by atoms with E-state index >= 15 is 0 Å². The van der Waals surface area contributed by atoms with E-state index in [2.05, 4.69) is 13.0 Å². The molecule has 1 aliphatic heterocycles. The number of aliphatic hydroxyl groups excluding tert-OH is 1. The molecule has 1 heterocycles. The third-order valence-corrected chi connectivity index (χ3v) is 13.7.